The van der Waals surface area contributed by atoms with Crippen LogP contribution < -0.4 is 5.32 Å². The molecule has 0 unspecified atom stereocenters. The average molecular weight is 440 g/mol. The van der Waals surface area contributed by atoms with Crippen molar-refractivity contribution in [2.24, 2.45) is 0 Å². The number of pyridine rings is 1. The molecule has 0 spiro atoms. The Labute approximate surface area is 186 Å². The van der Waals surface area contributed by atoms with Gasteiger partial charge in [-0.2, -0.15) is 0 Å². The summed E-state index contributed by atoms with van der Waals surface area (Å²) in [6.07, 6.45) is 5.78. The number of benzene rings is 1. The molecule has 2 heterocycles. The Morgan fingerprint density at radius 3 is 2.65 bits per heavy atom. The molecule has 1 aliphatic carbocycles. The Bertz CT molecular complexity index is 1020. The van der Waals surface area contributed by atoms with Gasteiger partial charge in [0.25, 0.3) is 0 Å². The topological polar surface area (TPSA) is 82.5 Å². The van der Waals surface area contributed by atoms with Gasteiger partial charge in [0.05, 0.1) is 5.69 Å². The minimum absolute atomic E-state index is 0.0619. The van der Waals surface area contributed by atoms with E-state index in [1.165, 1.54) is 27.8 Å². The largest absolute Gasteiger partial charge is 0.481 e. The third-order valence-electron chi connectivity index (χ3n) is 5.98. The molecule has 1 aromatic heterocycles. The number of carboxylic acid groups (broad SMARTS) is 1. The van der Waals surface area contributed by atoms with Gasteiger partial charge >= 0.3 is 12.0 Å². The van der Waals surface area contributed by atoms with Crippen LogP contribution in [0.4, 0.5) is 4.79 Å². The monoisotopic (exact) mass is 439 g/mol. The summed E-state index contributed by atoms with van der Waals surface area (Å²) >= 11 is 6.28. The van der Waals surface area contributed by atoms with E-state index < -0.39 is 5.97 Å². The van der Waals surface area contributed by atoms with Crippen LogP contribution >= 0.6 is 11.6 Å². The van der Waals surface area contributed by atoms with Crippen molar-refractivity contribution in [3.8, 4) is 0 Å². The lowest BCUT2D eigenvalue weighted by Crippen LogP contribution is -2.43. The van der Waals surface area contributed by atoms with Crippen LogP contribution in [-0.2, 0) is 17.6 Å². The number of amides is 2. The Morgan fingerprint density at radius 1 is 1.10 bits per heavy atom. The Kier molecular flexibility index (Phi) is 6.56. The molecular weight excluding hydrogens is 414 g/mol. The molecule has 0 saturated carbocycles. The number of hydrogen-bond acceptors (Lipinski definition) is 3. The lowest BCUT2D eigenvalue weighted by Gasteiger charge is -2.30. The summed E-state index contributed by atoms with van der Waals surface area (Å²) in [6.45, 7) is 1.64. The van der Waals surface area contributed by atoms with E-state index in [0.29, 0.717) is 26.1 Å². The van der Waals surface area contributed by atoms with Gasteiger partial charge in [0.1, 0.15) is 0 Å². The predicted octanol–water partition coefficient (Wildman–Crippen LogP) is 4.31. The van der Waals surface area contributed by atoms with Gasteiger partial charge in [-0.1, -0.05) is 29.3 Å². The summed E-state index contributed by atoms with van der Waals surface area (Å²) in [5.41, 5.74) is 7.25. The van der Waals surface area contributed by atoms with Crippen molar-refractivity contribution in [3.63, 3.8) is 0 Å². The lowest BCUT2D eigenvalue weighted by molar-refractivity contribution is -0.137. The molecule has 2 amide bonds. The second kappa shape index (κ2) is 9.52. The Morgan fingerprint density at radius 2 is 1.87 bits per heavy atom. The summed E-state index contributed by atoms with van der Waals surface area (Å²) < 4.78 is 0. The molecule has 1 aromatic carbocycles. The van der Waals surface area contributed by atoms with Gasteiger partial charge in [-0.25, -0.2) is 4.79 Å². The van der Waals surface area contributed by atoms with E-state index in [-0.39, 0.29) is 12.5 Å². The molecule has 0 radical (unpaired) electrons. The smallest absolute Gasteiger partial charge is 0.317 e. The number of nitrogens with one attached hydrogen (secondary N) is 1. The van der Waals surface area contributed by atoms with E-state index in [1.807, 2.05) is 23.2 Å². The zero-order valence-corrected chi connectivity index (χ0v) is 18.1. The van der Waals surface area contributed by atoms with Crippen LogP contribution in [0.1, 0.15) is 48.1 Å². The molecule has 1 fully saturated rings. The SMILES string of the molecule is O=C(O)CCCNC(=O)N1CCC(=C2c3ccc(Cl)cc3CCc3cccnc32)CC1. The number of rotatable bonds is 4. The minimum atomic E-state index is -0.845. The molecule has 6 nitrogen and oxygen atoms in total. The number of likely N-dealkylation sites (tertiary alicyclic amines) is 1. The summed E-state index contributed by atoms with van der Waals surface area (Å²) in [4.78, 5) is 29.6. The summed E-state index contributed by atoms with van der Waals surface area (Å²) in [7, 11) is 0. The van der Waals surface area contributed by atoms with E-state index in [1.54, 1.807) is 0 Å². The standard InChI is InChI=1S/C24H26ClN3O3/c25-19-7-8-20-18(15-19)6-5-17-3-1-11-26-23(17)22(20)16-9-13-28(14-10-16)24(31)27-12-2-4-21(29)30/h1,3,7-8,11,15H,2,4-6,9-10,12-14H2,(H,27,31)(H,29,30). The summed E-state index contributed by atoms with van der Waals surface area (Å²) in [5.74, 6) is -0.845. The van der Waals surface area contributed by atoms with Gasteiger partial charge in [0.2, 0.25) is 0 Å². The Balaban J connectivity index is 1.55. The van der Waals surface area contributed by atoms with E-state index in [0.717, 1.165) is 36.4 Å². The molecule has 2 aromatic rings. The fourth-order valence-electron chi connectivity index (χ4n) is 4.41. The molecule has 1 saturated heterocycles. The molecule has 7 heteroatoms. The average Bonchev–Trinajstić information content (AvgIpc) is 2.93. The highest BCUT2D eigenvalue weighted by Gasteiger charge is 2.26. The van der Waals surface area contributed by atoms with Crippen LogP contribution in [-0.4, -0.2) is 46.6 Å². The van der Waals surface area contributed by atoms with Crippen molar-refractivity contribution in [2.45, 2.75) is 38.5 Å². The third kappa shape index (κ3) is 4.90. The normalized spacial score (nSPS) is 15.7. The highest BCUT2D eigenvalue weighted by molar-refractivity contribution is 6.30. The van der Waals surface area contributed by atoms with Gasteiger partial charge in [-0.3, -0.25) is 9.78 Å². The first-order valence-corrected chi connectivity index (χ1v) is 11.1. The number of carbonyl (C=O) groups is 2. The van der Waals surface area contributed by atoms with Gasteiger partial charge in [0, 0.05) is 42.8 Å². The zero-order valence-electron chi connectivity index (χ0n) is 17.4. The number of carbonyl (C=O) groups excluding carboxylic acids is 1. The van der Waals surface area contributed by atoms with Crippen LogP contribution in [0.5, 0.6) is 0 Å². The number of aliphatic carboxylic acids is 1. The van der Waals surface area contributed by atoms with Crippen LogP contribution in [0.2, 0.25) is 5.02 Å². The predicted molar refractivity (Wildman–Crippen MR) is 120 cm³/mol. The molecule has 2 aliphatic rings. The van der Waals surface area contributed by atoms with Crippen molar-refractivity contribution in [1.29, 1.82) is 0 Å². The Hall–Kier alpha value is -2.86. The van der Waals surface area contributed by atoms with E-state index in [2.05, 4.69) is 23.5 Å². The minimum Gasteiger partial charge on any atom is -0.481 e. The fourth-order valence-corrected chi connectivity index (χ4v) is 4.60. The van der Waals surface area contributed by atoms with Crippen LogP contribution in [0, 0.1) is 0 Å². The number of aryl methyl sites for hydroxylation is 2. The van der Waals surface area contributed by atoms with E-state index in [9.17, 15) is 9.59 Å². The van der Waals surface area contributed by atoms with Crippen molar-refractivity contribution in [2.75, 3.05) is 19.6 Å². The van der Waals surface area contributed by atoms with Crippen molar-refractivity contribution in [3.05, 3.63) is 69.5 Å². The first kappa shape index (κ1) is 21.4. The van der Waals surface area contributed by atoms with Crippen molar-refractivity contribution < 1.29 is 14.7 Å². The molecule has 2 N–H and O–H groups in total. The number of fused-ring (bicyclic) bond motifs is 2. The maximum Gasteiger partial charge on any atom is 0.317 e. The molecular formula is C24H26ClN3O3. The van der Waals surface area contributed by atoms with Crippen LogP contribution in [0.3, 0.4) is 0 Å². The van der Waals surface area contributed by atoms with Crippen molar-refractivity contribution in [1.82, 2.24) is 15.2 Å². The summed E-state index contributed by atoms with van der Waals surface area (Å²) in [6, 6.07) is 10.1. The first-order valence-electron chi connectivity index (χ1n) is 10.7. The van der Waals surface area contributed by atoms with E-state index >= 15 is 0 Å². The molecule has 162 valence electrons. The number of halogens is 1. The van der Waals surface area contributed by atoms with Crippen LogP contribution in [0.15, 0.2) is 42.1 Å². The fraction of sp³-hybridized carbons (Fsp3) is 0.375. The van der Waals surface area contributed by atoms with Gasteiger partial charge in [-0.05, 0) is 67.0 Å². The molecule has 1 aliphatic heterocycles. The number of hydrogen-bond donors (Lipinski definition) is 2. The second-order valence-corrected chi connectivity index (χ2v) is 8.44. The first-order chi connectivity index (χ1) is 15.0. The van der Waals surface area contributed by atoms with Gasteiger partial charge in [0.15, 0.2) is 0 Å². The lowest BCUT2D eigenvalue weighted by atomic mass is 9.88. The highest BCUT2D eigenvalue weighted by Crippen LogP contribution is 2.38. The highest BCUT2D eigenvalue weighted by atomic mass is 35.5. The maximum atomic E-state index is 12.4. The molecule has 31 heavy (non-hydrogen) atoms. The zero-order chi connectivity index (χ0) is 21.8. The summed E-state index contributed by atoms with van der Waals surface area (Å²) in [5, 5.41) is 12.3. The number of piperidine rings is 1. The maximum absolute atomic E-state index is 12.4. The number of urea groups is 1. The van der Waals surface area contributed by atoms with Crippen LogP contribution in [0.25, 0.3) is 5.57 Å². The molecule has 0 atom stereocenters. The number of carboxylic acids is 1. The molecule has 4 rings (SSSR count). The molecule has 0 bridgehead atoms. The number of aromatic nitrogens is 1. The second-order valence-electron chi connectivity index (χ2n) is 8.01. The van der Waals surface area contributed by atoms with E-state index in [4.69, 9.17) is 21.7 Å². The van der Waals surface area contributed by atoms with Crippen molar-refractivity contribution >= 4 is 29.2 Å². The van der Waals surface area contributed by atoms with Gasteiger partial charge < -0.3 is 15.3 Å². The quantitative estimate of drug-likeness (QED) is 0.695. The number of nitrogens with zero attached hydrogens (tertiary/aromatic N) is 2. The van der Waals surface area contributed by atoms with Gasteiger partial charge in [-0.15, -0.1) is 0 Å². The third-order valence-corrected chi connectivity index (χ3v) is 6.21.